The van der Waals surface area contributed by atoms with E-state index in [1.54, 1.807) is 11.6 Å². The summed E-state index contributed by atoms with van der Waals surface area (Å²) in [5.74, 6) is -1.05. The minimum Gasteiger partial charge on any atom is -0.386 e. The summed E-state index contributed by atoms with van der Waals surface area (Å²) < 4.78 is 38.9. The molecular weight excluding hydrogens is 455 g/mol. The molecule has 168 valence electrons. The molecule has 0 atom stereocenters. The number of aliphatic hydroxyl groups is 1. The van der Waals surface area contributed by atoms with Crippen molar-refractivity contribution in [2.24, 2.45) is 5.10 Å². The number of carbonyl (C=O) groups excluding carboxylic acids is 2. The van der Waals surface area contributed by atoms with Gasteiger partial charge in [-0.2, -0.15) is 18.3 Å². The van der Waals surface area contributed by atoms with Crippen LogP contribution >= 0.6 is 22.7 Å². The van der Waals surface area contributed by atoms with Gasteiger partial charge >= 0.3 is 6.18 Å². The standard InChI is InChI=1S/C18H20F3N5O3S2/c19-18(20,21)11(25-26-12(28)9-27)3-1-2-6-22-15(29)13-14(10-4-5-10)31-17(24-13)16-23-7-8-30-16/h7-8,10,27H,1-6,9H2,(H,22,29)(H,26,28)/b25-11-. The summed E-state index contributed by atoms with van der Waals surface area (Å²) in [4.78, 5) is 33.1. The van der Waals surface area contributed by atoms with Crippen LogP contribution in [-0.2, 0) is 4.79 Å². The van der Waals surface area contributed by atoms with E-state index in [1.807, 2.05) is 5.38 Å². The number of carbonyl (C=O) groups is 2. The SMILES string of the molecule is O=C(CO)N/N=C(/CCCCNC(=O)c1nc(-c2nccs2)sc1C1CC1)C(F)(F)F. The second kappa shape index (κ2) is 10.3. The van der Waals surface area contributed by atoms with Crippen LogP contribution < -0.4 is 10.7 Å². The molecule has 1 fully saturated rings. The van der Waals surface area contributed by atoms with Gasteiger partial charge in [0, 0.05) is 23.0 Å². The molecule has 31 heavy (non-hydrogen) atoms. The molecule has 8 nitrogen and oxygen atoms in total. The van der Waals surface area contributed by atoms with Crippen molar-refractivity contribution in [3.8, 4) is 10.0 Å². The van der Waals surface area contributed by atoms with Gasteiger partial charge in [-0.25, -0.2) is 15.4 Å². The lowest BCUT2D eigenvalue weighted by Crippen LogP contribution is -2.30. The average Bonchev–Trinajstić information content (AvgIpc) is 3.24. The molecule has 3 N–H and O–H groups in total. The molecule has 1 saturated carbocycles. The van der Waals surface area contributed by atoms with Crippen molar-refractivity contribution in [3.05, 3.63) is 22.1 Å². The lowest BCUT2D eigenvalue weighted by Gasteiger charge is -2.10. The number of amides is 2. The Morgan fingerprint density at radius 3 is 2.65 bits per heavy atom. The Kier molecular flexibility index (Phi) is 7.73. The van der Waals surface area contributed by atoms with Gasteiger partial charge in [-0.15, -0.1) is 22.7 Å². The normalized spacial score (nSPS) is 14.5. The molecule has 0 saturated heterocycles. The summed E-state index contributed by atoms with van der Waals surface area (Å²) in [6.07, 6.45) is -1.05. The quantitative estimate of drug-likeness (QED) is 0.277. The van der Waals surface area contributed by atoms with Crippen molar-refractivity contribution in [2.75, 3.05) is 13.2 Å². The summed E-state index contributed by atoms with van der Waals surface area (Å²) >= 11 is 2.90. The van der Waals surface area contributed by atoms with E-state index in [9.17, 15) is 22.8 Å². The zero-order valence-electron chi connectivity index (χ0n) is 16.2. The number of alkyl halides is 3. The summed E-state index contributed by atoms with van der Waals surface area (Å²) in [5.41, 5.74) is 0.868. The number of aromatic nitrogens is 2. The summed E-state index contributed by atoms with van der Waals surface area (Å²) in [7, 11) is 0. The van der Waals surface area contributed by atoms with Crippen LogP contribution in [0.3, 0.4) is 0 Å². The largest absolute Gasteiger partial charge is 0.431 e. The zero-order valence-corrected chi connectivity index (χ0v) is 17.9. The van der Waals surface area contributed by atoms with Gasteiger partial charge < -0.3 is 10.4 Å². The van der Waals surface area contributed by atoms with Crippen LogP contribution in [-0.4, -0.2) is 51.9 Å². The molecule has 0 aromatic carbocycles. The van der Waals surface area contributed by atoms with Crippen LogP contribution in [0.4, 0.5) is 13.2 Å². The number of hydrogen-bond donors (Lipinski definition) is 3. The van der Waals surface area contributed by atoms with E-state index in [0.717, 1.165) is 22.7 Å². The van der Waals surface area contributed by atoms with E-state index in [0.29, 0.717) is 16.6 Å². The highest BCUT2D eigenvalue weighted by Gasteiger charge is 2.35. The molecule has 0 bridgehead atoms. The zero-order chi connectivity index (χ0) is 22.4. The Labute approximate surface area is 183 Å². The van der Waals surface area contributed by atoms with Crippen LogP contribution in [0.5, 0.6) is 0 Å². The third-order valence-corrected chi connectivity index (χ3v) is 6.48. The number of rotatable bonds is 10. The number of halogens is 3. The molecule has 0 radical (unpaired) electrons. The molecule has 1 aliphatic rings. The van der Waals surface area contributed by atoms with Crippen molar-refractivity contribution in [2.45, 2.75) is 44.2 Å². The van der Waals surface area contributed by atoms with E-state index in [1.165, 1.54) is 22.7 Å². The fraction of sp³-hybridized carbons (Fsp3) is 0.500. The van der Waals surface area contributed by atoms with E-state index in [-0.39, 0.29) is 25.3 Å². The van der Waals surface area contributed by atoms with Crippen molar-refractivity contribution in [3.63, 3.8) is 0 Å². The van der Waals surface area contributed by atoms with Crippen LogP contribution in [0.1, 0.15) is 53.4 Å². The topological polar surface area (TPSA) is 117 Å². The molecule has 2 heterocycles. The smallest absolute Gasteiger partial charge is 0.386 e. The summed E-state index contributed by atoms with van der Waals surface area (Å²) in [6.45, 7) is -0.772. The maximum Gasteiger partial charge on any atom is 0.431 e. The Bertz CT molecular complexity index is 940. The van der Waals surface area contributed by atoms with E-state index in [4.69, 9.17) is 5.11 Å². The number of nitrogens with zero attached hydrogens (tertiary/aromatic N) is 3. The van der Waals surface area contributed by atoms with Gasteiger partial charge in [0.05, 0.1) is 0 Å². The van der Waals surface area contributed by atoms with Crippen LogP contribution in [0.2, 0.25) is 0 Å². The van der Waals surface area contributed by atoms with Crippen molar-refractivity contribution in [1.82, 2.24) is 20.7 Å². The first-order valence-corrected chi connectivity index (χ1v) is 11.2. The van der Waals surface area contributed by atoms with Crippen molar-refractivity contribution in [1.29, 1.82) is 0 Å². The summed E-state index contributed by atoms with van der Waals surface area (Å²) in [6, 6.07) is 0. The summed E-state index contributed by atoms with van der Waals surface area (Å²) in [5, 5.41) is 17.6. The molecule has 2 amide bonds. The average molecular weight is 476 g/mol. The van der Waals surface area contributed by atoms with Crippen molar-refractivity contribution < 1.29 is 27.9 Å². The maximum absolute atomic E-state index is 13.0. The number of nitrogens with one attached hydrogen (secondary N) is 2. The molecule has 13 heteroatoms. The predicted octanol–water partition coefficient (Wildman–Crippen LogP) is 3.07. The van der Waals surface area contributed by atoms with Gasteiger partial charge in [-0.1, -0.05) is 0 Å². The van der Waals surface area contributed by atoms with Gasteiger partial charge in [-0.3, -0.25) is 9.59 Å². The highest BCUT2D eigenvalue weighted by atomic mass is 32.1. The molecule has 0 aliphatic heterocycles. The van der Waals surface area contributed by atoms with Gasteiger partial charge in [0.1, 0.15) is 18.0 Å². The Morgan fingerprint density at radius 1 is 1.26 bits per heavy atom. The fourth-order valence-corrected chi connectivity index (χ4v) is 4.58. The first-order valence-electron chi connectivity index (χ1n) is 9.51. The molecule has 0 unspecified atom stereocenters. The van der Waals surface area contributed by atoms with Gasteiger partial charge in [-0.05, 0) is 38.0 Å². The predicted molar refractivity (Wildman–Crippen MR) is 110 cm³/mol. The Morgan fingerprint density at radius 2 is 2.03 bits per heavy atom. The minimum absolute atomic E-state index is 0.102. The third-order valence-electron chi connectivity index (χ3n) is 4.34. The lowest BCUT2D eigenvalue weighted by molar-refractivity contribution is -0.123. The highest BCUT2D eigenvalue weighted by Crippen LogP contribution is 2.46. The number of unbranched alkanes of at least 4 members (excludes halogenated alkanes) is 1. The third kappa shape index (κ3) is 6.55. The first kappa shape index (κ1) is 23.3. The Hall–Kier alpha value is -2.38. The molecule has 2 aromatic heterocycles. The van der Waals surface area contributed by atoms with Gasteiger partial charge in [0.15, 0.2) is 10.0 Å². The molecular formula is C18H20F3N5O3S2. The second-order valence-corrected chi connectivity index (χ2v) is 8.73. The monoisotopic (exact) mass is 475 g/mol. The van der Waals surface area contributed by atoms with Crippen LogP contribution in [0.25, 0.3) is 10.0 Å². The van der Waals surface area contributed by atoms with E-state index >= 15 is 0 Å². The highest BCUT2D eigenvalue weighted by molar-refractivity contribution is 7.20. The first-order chi connectivity index (χ1) is 14.8. The molecule has 3 rings (SSSR count). The Balaban J connectivity index is 1.52. The number of thiazole rings is 2. The van der Waals surface area contributed by atoms with E-state index < -0.39 is 30.8 Å². The molecule has 0 spiro atoms. The van der Waals surface area contributed by atoms with Gasteiger partial charge in [0.2, 0.25) is 0 Å². The fourth-order valence-electron chi connectivity index (χ4n) is 2.67. The van der Waals surface area contributed by atoms with Crippen molar-refractivity contribution >= 4 is 40.2 Å². The lowest BCUT2D eigenvalue weighted by atomic mass is 10.1. The minimum atomic E-state index is -4.70. The van der Waals surface area contributed by atoms with Crippen LogP contribution in [0.15, 0.2) is 16.7 Å². The number of hydrazone groups is 1. The van der Waals surface area contributed by atoms with Gasteiger partial charge in [0.25, 0.3) is 11.8 Å². The molecule has 2 aromatic rings. The second-order valence-electron chi connectivity index (χ2n) is 6.81. The molecule has 1 aliphatic carbocycles. The van der Waals surface area contributed by atoms with E-state index in [2.05, 4.69) is 20.4 Å². The number of aliphatic hydroxyl groups excluding tert-OH is 1. The maximum atomic E-state index is 13.0. The van der Waals surface area contributed by atoms with Crippen LogP contribution in [0, 0.1) is 0 Å². The number of hydrogen-bond acceptors (Lipinski definition) is 8.